The van der Waals surface area contributed by atoms with Crippen molar-refractivity contribution in [3.8, 4) is 6.07 Å². The van der Waals surface area contributed by atoms with E-state index in [1.54, 1.807) is 26.8 Å². The van der Waals surface area contributed by atoms with E-state index in [0.717, 1.165) is 5.56 Å². The highest BCUT2D eigenvalue weighted by atomic mass is 16.6. The Morgan fingerprint density at radius 3 is 2.36 bits per heavy atom. The average molecular weight is 191 g/mol. The molecule has 5 nitrogen and oxygen atoms in total. The van der Waals surface area contributed by atoms with Gasteiger partial charge in [0.15, 0.2) is 0 Å². The Morgan fingerprint density at radius 1 is 1.36 bits per heavy atom. The molecule has 0 aromatic carbocycles. The van der Waals surface area contributed by atoms with Gasteiger partial charge in [0, 0.05) is 11.3 Å². The standard InChI is InChI=1S/C9H9N3O2/c1-5-6(2)9(12(13)14)8(4-10)11-7(5)3/h1-3H3. The fourth-order valence-corrected chi connectivity index (χ4v) is 1.23. The Hall–Kier alpha value is -1.96. The molecule has 0 saturated carbocycles. The van der Waals surface area contributed by atoms with Crippen LogP contribution in [0.4, 0.5) is 5.69 Å². The molecule has 14 heavy (non-hydrogen) atoms. The zero-order valence-corrected chi connectivity index (χ0v) is 8.16. The van der Waals surface area contributed by atoms with E-state index in [2.05, 4.69) is 4.98 Å². The van der Waals surface area contributed by atoms with Crippen molar-refractivity contribution in [2.75, 3.05) is 0 Å². The number of aromatic nitrogens is 1. The second-order valence-electron chi connectivity index (χ2n) is 3.01. The van der Waals surface area contributed by atoms with Crippen molar-refractivity contribution in [2.24, 2.45) is 0 Å². The summed E-state index contributed by atoms with van der Waals surface area (Å²) in [7, 11) is 0. The highest BCUT2D eigenvalue weighted by Crippen LogP contribution is 2.25. The summed E-state index contributed by atoms with van der Waals surface area (Å²) < 4.78 is 0. The molecule has 1 rings (SSSR count). The van der Waals surface area contributed by atoms with Crippen molar-refractivity contribution in [1.82, 2.24) is 4.98 Å². The van der Waals surface area contributed by atoms with Crippen LogP contribution in [0.2, 0.25) is 0 Å². The molecule has 0 spiro atoms. The van der Waals surface area contributed by atoms with Gasteiger partial charge in [-0.3, -0.25) is 10.1 Å². The van der Waals surface area contributed by atoms with E-state index in [9.17, 15) is 10.1 Å². The maximum absolute atomic E-state index is 10.7. The Kier molecular flexibility index (Phi) is 2.47. The van der Waals surface area contributed by atoms with Crippen LogP contribution < -0.4 is 0 Å². The Labute approximate surface area is 81.2 Å². The summed E-state index contributed by atoms with van der Waals surface area (Å²) in [6.07, 6.45) is 0. The lowest BCUT2D eigenvalue weighted by molar-refractivity contribution is -0.386. The van der Waals surface area contributed by atoms with Crippen LogP contribution in [0.5, 0.6) is 0 Å². The Morgan fingerprint density at radius 2 is 1.93 bits per heavy atom. The highest BCUT2D eigenvalue weighted by Gasteiger charge is 2.21. The van der Waals surface area contributed by atoms with Crippen LogP contribution in [-0.4, -0.2) is 9.91 Å². The van der Waals surface area contributed by atoms with Crippen molar-refractivity contribution in [2.45, 2.75) is 20.8 Å². The van der Waals surface area contributed by atoms with Gasteiger partial charge in [-0.1, -0.05) is 0 Å². The predicted octanol–water partition coefficient (Wildman–Crippen LogP) is 1.79. The molecule has 0 saturated heterocycles. The van der Waals surface area contributed by atoms with Gasteiger partial charge < -0.3 is 0 Å². The van der Waals surface area contributed by atoms with Gasteiger partial charge in [0.2, 0.25) is 5.69 Å². The van der Waals surface area contributed by atoms with E-state index in [0.29, 0.717) is 11.3 Å². The first-order valence-electron chi connectivity index (χ1n) is 4.01. The first-order chi connectivity index (χ1) is 6.49. The van der Waals surface area contributed by atoms with Gasteiger partial charge in [0.25, 0.3) is 0 Å². The topological polar surface area (TPSA) is 79.8 Å². The summed E-state index contributed by atoms with van der Waals surface area (Å²) in [5.74, 6) is 0. The minimum absolute atomic E-state index is 0.115. The van der Waals surface area contributed by atoms with Gasteiger partial charge >= 0.3 is 5.69 Å². The first kappa shape index (κ1) is 10.1. The summed E-state index contributed by atoms with van der Waals surface area (Å²) in [4.78, 5) is 14.0. The van der Waals surface area contributed by atoms with Crippen LogP contribution in [0.1, 0.15) is 22.5 Å². The molecule has 0 aliphatic carbocycles. The van der Waals surface area contributed by atoms with E-state index in [1.807, 2.05) is 0 Å². The number of hydrogen-bond acceptors (Lipinski definition) is 4. The number of hydrogen-bond donors (Lipinski definition) is 0. The molecule has 0 fully saturated rings. The molecule has 0 radical (unpaired) electrons. The van der Waals surface area contributed by atoms with Gasteiger partial charge in [0.1, 0.15) is 6.07 Å². The molecule has 0 atom stereocenters. The highest BCUT2D eigenvalue weighted by molar-refractivity contribution is 5.53. The van der Waals surface area contributed by atoms with E-state index < -0.39 is 4.92 Å². The Bertz CT molecular complexity index is 446. The number of nitro groups is 1. The normalized spacial score (nSPS) is 9.57. The van der Waals surface area contributed by atoms with Crippen LogP contribution in [0.3, 0.4) is 0 Å². The molecule has 1 aromatic heterocycles. The number of pyridine rings is 1. The largest absolute Gasteiger partial charge is 0.308 e. The predicted molar refractivity (Wildman–Crippen MR) is 49.8 cm³/mol. The lowest BCUT2D eigenvalue weighted by Gasteiger charge is -2.05. The van der Waals surface area contributed by atoms with E-state index in [4.69, 9.17) is 5.26 Å². The van der Waals surface area contributed by atoms with Gasteiger partial charge in [-0.15, -0.1) is 0 Å². The number of nitrogens with zero attached hydrogens (tertiary/aromatic N) is 3. The fraction of sp³-hybridized carbons (Fsp3) is 0.333. The molecule has 0 aliphatic rings. The monoisotopic (exact) mass is 191 g/mol. The number of aryl methyl sites for hydroxylation is 1. The summed E-state index contributed by atoms with van der Waals surface area (Å²) >= 11 is 0. The molecular formula is C9H9N3O2. The van der Waals surface area contributed by atoms with Crippen LogP contribution in [0.15, 0.2) is 0 Å². The first-order valence-corrected chi connectivity index (χ1v) is 4.01. The molecule has 0 unspecified atom stereocenters. The van der Waals surface area contributed by atoms with Crippen LogP contribution in [-0.2, 0) is 0 Å². The van der Waals surface area contributed by atoms with Crippen molar-refractivity contribution in [3.63, 3.8) is 0 Å². The summed E-state index contributed by atoms with van der Waals surface area (Å²) in [6.45, 7) is 5.11. The molecule has 1 heterocycles. The second kappa shape index (κ2) is 3.42. The minimum Gasteiger partial charge on any atom is -0.258 e. The summed E-state index contributed by atoms with van der Waals surface area (Å²) in [5, 5.41) is 19.4. The molecule has 5 heteroatoms. The van der Waals surface area contributed by atoms with Crippen LogP contribution in [0, 0.1) is 42.2 Å². The molecule has 0 bridgehead atoms. The van der Waals surface area contributed by atoms with Gasteiger partial charge in [-0.2, -0.15) is 5.26 Å². The summed E-state index contributed by atoms with van der Waals surface area (Å²) in [6, 6.07) is 1.73. The third-order valence-corrected chi connectivity index (χ3v) is 2.25. The second-order valence-corrected chi connectivity index (χ2v) is 3.01. The van der Waals surface area contributed by atoms with E-state index in [-0.39, 0.29) is 11.4 Å². The van der Waals surface area contributed by atoms with Crippen molar-refractivity contribution in [3.05, 3.63) is 32.6 Å². The number of nitriles is 1. The molecule has 0 N–H and O–H groups in total. The Balaban J connectivity index is 3.64. The van der Waals surface area contributed by atoms with Crippen molar-refractivity contribution < 1.29 is 4.92 Å². The van der Waals surface area contributed by atoms with Gasteiger partial charge in [0.05, 0.1) is 4.92 Å². The third-order valence-electron chi connectivity index (χ3n) is 2.25. The van der Waals surface area contributed by atoms with E-state index >= 15 is 0 Å². The smallest absolute Gasteiger partial charge is 0.258 e. The fourth-order valence-electron chi connectivity index (χ4n) is 1.23. The maximum Gasteiger partial charge on any atom is 0.308 e. The zero-order chi connectivity index (χ0) is 10.9. The molecule has 72 valence electrons. The van der Waals surface area contributed by atoms with Crippen molar-refractivity contribution in [1.29, 1.82) is 5.26 Å². The molecule has 0 amide bonds. The average Bonchev–Trinajstić information content (AvgIpc) is 2.12. The number of rotatable bonds is 1. The molecular weight excluding hydrogens is 182 g/mol. The molecule has 0 aliphatic heterocycles. The minimum atomic E-state index is -0.562. The van der Waals surface area contributed by atoms with Gasteiger partial charge in [-0.25, -0.2) is 4.98 Å². The molecule has 1 aromatic rings. The lowest BCUT2D eigenvalue weighted by atomic mass is 10.1. The van der Waals surface area contributed by atoms with Gasteiger partial charge in [-0.05, 0) is 26.3 Å². The van der Waals surface area contributed by atoms with Crippen LogP contribution >= 0.6 is 0 Å². The SMILES string of the molecule is Cc1nc(C#N)c([N+](=O)[O-])c(C)c1C. The van der Waals surface area contributed by atoms with Crippen molar-refractivity contribution >= 4 is 5.69 Å². The van der Waals surface area contributed by atoms with Crippen LogP contribution in [0.25, 0.3) is 0 Å². The quantitative estimate of drug-likeness (QED) is 0.500. The zero-order valence-electron chi connectivity index (χ0n) is 8.16. The maximum atomic E-state index is 10.7. The third kappa shape index (κ3) is 1.42. The van der Waals surface area contributed by atoms with E-state index in [1.165, 1.54) is 0 Å². The lowest BCUT2D eigenvalue weighted by Crippen LogP contribution is -2.03. The summed E-state index contributed by atoms with van der Waals surface area (Å²) in [5.41, 5.74) is 1.63.